The predicted octanol–water partition coefficient (Wildman–Crippen LogP) is 2.95. The number of aliphatic hydroxyl groups is 1. The Morgan fingerprint density at radius 1 is 1.53 bits per heavy atom. The molecule has 2 rings (SSSR count). The monoisotopic (exact) mass is 293 g/mol. The highest BCUT2D eigenvalue weighted by Gasteiger charge is 2.23. The van der Waals surface area contributed by atoms with Crippen LogP contribution in [0.3, 0.4) is 0 Å². The number of carbonyl (C=O) groups excluding carboxylic acids is 1. The number of thiophene rings is 1. The summed E-state index contributed by atoms with van der Waals surface area (Å²) in [6.45, 7) is 0.583. The third-order valence-corrected chi connectivity index (χ3v) is 4.45. The van der Waals surface area contributed by atoms with Gasteiger partial charge < -0.3 is 10.4 Å². The molecule has 17 heavy (non-hydrogen) atoms. The fraction of sp³-hybridized carbons (Fsp3) is 0.545. The zero-order valence-corrected chi connectivity index (χ0v) is 11.4. The van der Waals surface area contributed by atoms with Crippen molar-refractivity contribution in [2.45, 2.75) is 25.4 Å². The number of rotatable bonds is 3. The van der Waals surface area contributed by atoms with Gasteiger partial charge in [0.1, 0.15) is 4.34 Å². The van der Waals surface area contributed by atoms with Crippen LogP contribution in [0, 0.1) is 5.92 Å². The standard InChI is InChI=1S/C11H13Cl2NO2S/c12-9-4-8(10(13)17-9)11(16)14-5-6-1-2-7(15)3-6/h4,6-7,15H,1-3,5H2,(H,14,16). The Morgan fingerprint density at radius 2 is 2.29 bits per heavy atom. The first-order valence-corrected chi connectivity index (χ1v) is 7.04. The molecule has 0 aromatic carbocycles. The van der Waals surface area contributed by atoms with Crippen molar-refractivity contribution in [1.82, 2.24) is 5.32 Å². The van der Waals surface area contributed by atoms with Crippen molar-refractivity contribution in [3.8, 4) is 0 Å². The molecule has 2 atom stereocenters. The molecule has 1 aliphatic rings. The Labute approximate surface area is 114 Å². The summed E-state index contributed by atoms with van der Waals surface area (Å²) in [4.78, 5) is 11.8. The Balaban J connectivity index is 1.87. The van der Waals surface area contributed by atoms with Gasteiger partial charge in [0.15, 0.2) is 0 Å². The first-order valence-electron chi connectivity index (χ1n) is 5.47. The van der Waals surface area contributed by atoms with Gasteiger partial charge in [0.2, 0.25) is 0 Å². The number of halogens is 2. The van der Waals surface area contributed by atoms with Gasteiger partial charge in [0.25, 0.3) is 5.91 Å². The smallest absolute Gasteiger partial charge is 0.253 e. The lowest BCUT2D eigenvalue weighted by Crippen LogP contribution is -2.28. The van der Waals surface area contributed by atoms with Crippen molar-refractivity contribution in [3.05, 3.63) is 20.3 Å². The van der Waals surface area contributed by atoms with Crippen LogP contribution in [0.5, 0.6) is 0 Å². The summed E-state index contributed by atoms with van der Waals surface area (Å²) in [6.07, 6.45) is 2.33. The zero-order chi connectivity index (χ0) is 12.4. The van der Waals surface area contributed by atoms with Crippen LogP contribution in [0.15, 0.2) is 6.07 Å². The van der Waals surface area contributed by atoms with Gasteiger partial charge in [-0.05, 0) is 31.2 Å². The first kappa shape index (κ1) is 13.1. The largest absolute Gasteiger partial charge is 0.393 e. The number of aliphatic hydroxyl groups excluding tert-OH is 1. The molecule has 2 unspecified atom stereocenters. The molecule has 0 saturated heterocycles. The lowest BCUT2D eigenvalue weighted by Gasteiger charge is -2.10. The maximum atomic E-state index is 11.8. The van der Waals surface area contributed by atoms with Crippen molar-refractivity contribution in [2.75, 3.05) is 6.54 Å². The van der Waals surface area contributed by atoms with Gasteiger partial charge in [0, 0.05) is 6.54 Å². The zero-order valence-electron chi connectivity index (χ0n) is 9.08. The lowest BCUT2D eigenvalue weighted by molar-refractivity contribution is 0.0945. The van der Waals surface area contributed by atoms with Crippen LogP contribution in [0.1, 0.15) is 29.6 Å². The third-order valence-electron chi connectivity index (χ3n) is 2.97. The minimum absolute atomic E-state index is 0.195. The summed E-state index contributed by atoms with van der Waals surface area (Å²) < 4.78 is 0.926. The normalized spacial score (nSPS) is 23.9. The van der Waals surface area contributed by atoms with E-state index in [1.165, 1.54) is 11.3 Å². The molecule has 1 aliphatic carbocycles. The average molecular weight is 294 g/mol. The van der Waals surface area contributed by atoms with Crippen LogP contribution in [-0.4, -0.2) is 23.7 Å². The van der Waals surface area contributed by atoms with E-state index in [-0.39, 0.29) is 12.0 Å². The van der Waals surface area contributed by atoms with Gasteiger partial charge in [-0.1, -0.05) is 23.2 Å². The number of hydrogen-bond donors (Lipinski definition) is 2. The highest BCUT2D eigenvalue weighted by molar-refractivity contribution is 7.20. The van der Waals surface area contributed by atoms with Crippen LogP contribution in [0.4, 0.5) is 0 Å². The molecule has 0 bridgehead atoms. The van der Waals surface area contributed by atoms with Gasteiger partial charge in [0.05, 0.1) is 16.0 Å². The number of hydrogen-bond acceptors (Lipinski definition) is 3. The van der Waals surface area contributed by atoms with Crippen LogP contribution in [0.25, 0.3) is 0 Å². The Kier molecular flexibility index (Phi) is 4.31. The number of carbonyl (C=O) groups is 1. The van der Waals surface area contributed by atoms with Gasteiger partial charge in [-0.3, -0.25) is 4.79 Å². The highest BCUT2D eigenvalue weighted by atomic mass is 35.5. The topological polar surface area (TPSA) is 49.3 Å². The minimum Gasteiger partial charge on any atom is -0.393 e. The molecule has 6 heteroatoms. The molecule has 1 heterocycles. The van der Waals surface area contributed by atoms with Crippen LogP contribution < -0.4 is 5.32 Å². The molecular weight excluding hydrogens is 281 g/mol. The molecule has 1 aromatic heterocycles. The fourth-order valence-electron chi connectivity index (χ4n) is 2.06. The van der Waals surface area contributed by atoms with E-state index in [4.69, 9.17) is 23.2 Å². The van der Waals surface area contributed by atoms with E-state index in [0.29, 0.717) is 26.7 Å². The van der Waals surface area contributed by atoms with E-state index in [0.717, 1.165) is 19.3 Å². The number of amides is 1. The summed E-state index contributed by atoms with van der Waals surface area (Å²) in [5, 5.41) is 12.2. The molecule has 3 nitrogen and oxygen atoms in total. The summed E-state index contributed by atoms with van der Waals surface area (Å²) in [7, 11) is 0. The molecule has 2 N–H and O–H groups in total. The lowest BCUT2D eigenvalue weighted by atomic mass is 10.1. The quantitative estimate of drug-likeness (QED) is 0.900. The Morgan fingerprint density at radius 3 is 2.82 bits per heavy atom. The minimum atomic E-state index is -0.212. The Bertz CT molecular complexity index is 422. The number of nitrogens with one attached hydrogen (secondary N) is 1. The molecule has 1 aromatic rings. The predicted molar refractivity (Wildman–Crippen MR) is 70.0 cm³/mol. The van der Waals surface area contributed by atoms with Crippen LogP contribution >= 0.6 is 34.5 Å². The Hall–Kier alpha value is -0.290. The van der Waals surface area contributed by atoms with Crippen LogP contribution in [-0.2, 0) is 0 Å². The van der Waals surface area contributed by atoms with Crippen molar-refractivity contribution in [1.29, 1.82) is 0 Å². The van der Waals surface area contributed by atoms with Crippen molar-refractivity contribution in [2.24, 2.45) is 5.92 Å². The van der Waals surface area contributed by atoms with E-state index in [9.17, 15) is 9.90 Å². The van der Waals surface area contributed by atoms with Gasteiger partial charge in [-0.15, -0.1) is 11.3 Å². The van der Waals surface area contributed by atoms with E-state index in [1.54, 1.807) is 6.07 Å². The molecule has 0 spiro atoms. The van der Waals surface area contributed by atoms with Crippen molar-refractivity contribution < 1.29 is 9.90 Å². The first-order chi connectivity index (χ1) is 8.06. The third kappa shape index (κ3) is 3.35. The van der Waals surface area contributed by atoms with Crippen molar-refractivity contribution in [3.63, 3.8) is 0 Å². The fourth-order valence-corrected chi connectivity index (χ4v) is 3.52. The highest BCUT2D eigenvalue weighted by Crippen LogP contribution is 2.31. The summed E-state index contributed by atoms with van der Waals surface area (Å²) >= 11 is 12.9. The van der Waals surface area contributed by atoms with E-state index < -0.39 is 0 Å². The van der Waals surface area contributed by atoms with Gasteiger partial charge in [-0.2, -0.15) is 0 Å². The summed E-state index contributed by atoms with van der Waals surface area (Å²) in [5.74, 6) is 0.168. The van der Waals surface area contributed by atoms with E-state index in [2.05, 4.69) is 5.32 Å². The average Bonchev–Trinajstić information content (AvgIpc) is 2.81. The molecule has 1 saturated carbocycles. The molecule has 0 aliphatic heterocycles. The molecule has 1 fully saturated rings. The molecular formula is C11H13Cl2NO2S. The van der Waals surface area contributed by atoms with Crippen LogP contribution in [0.2, 0.25) is 8.67 Å². The molecule has 94 valence electrons. The second-order valence-electron chi connectivity index (χ2n) is 4.28. The molecule has 0 radical (unpaired) electrons. The maximum absolute atomic E-state index is 11.8. The van der Waals surface area contributed by atoms with Gasteiger partial charge >= 0.3 is 0 Å². The summed E-state index contributed by atoms with van der Waals surface area (Å²) in [5.41, 5.74) is 0.431. The van der Waals surface area contributed by atoms with Crippen molar-refractivity contribution >= 4 is 40.4 Å². The maximum Gasteiger partial charge on any atom is 0.253 e. The SMILES string of the molecule is O=C(NCC1CCC(O)C1)c1cc(Cl)sc1Cl. The second kappa shape index (κ2) is 5.57. The van der Waals surface area contributed by atoms with Gasteiger partial charge in [-0.25, -0.2) is 0 Å². The summed E-state index contributed by atoms with van der Waals surface area (Å²) in [6, 6.07) is 1.58. The second-order valence-corrected chi connectivity index (χ2v) is 6.57. The molecule has 1 amide bonds. The van der Waals surface area contributed by atoms with E-state index >= 15 is 0 Å². The van der Waals surface area contributed by atoms with E-state index in [1.807, 2.05) is 0 Å².